The Balaban J connectivity index is 1.74. The molecule has 2 heterocycles. The van der Waals surface area contributed by atoms with E-state index in [9.17, 15) is 4.79 Å². The van der Waals surface area contributed by atoms with Crippen LogP contribution in [0.3, 0.4) is 0 Å². The minimum atomic E-state index is -0.0141. The van der Waals surface area contributed by atoms with Crippen LogP contribution < -0.4 is 4.74 Å². The summed E-state index contributed by atoms with van der Waals surface area (Å²) in [6.45, 7) is 3.84. The number of aromatic nitrogens is 2. The molecule has 1 fully saturated rings. The first-order valence-electron chi connectivity index (χ1n) is 9.90. The van der Waals surface area contributed by atoms with Gasteiger partial charge in [0.2, 0.25) is 0 Å². The third kappa shape index (κ3) is 4.03. The highest BCUT2D eigenvalue weighted by Gasteiger charge is 2.28. The Morgan fingerprint density at radius 3 is 2.62 bits per heavy atom. The maximum absolute atomic E-state index is 13.4. The Hall–Kier alpha value is -3.12. The minimum absolute atomic E-state index is 0.0141. The first kappa shape index (κ1) is 19.2. The highest BCUT2D eigenvalue weighted by Crippen LogP contribution is 2.27. The van der Waals surface area contributed by atoms with Crippen molar-refractivity contribution < 1.29 is 14.3 Å². The average molecular weight is 391 g/mol. The van der Waals surface area contributed by atoms with Crippen LogP contribution in [0.4, 0.5) is 0 Å². The Morgan fingerprint density at radius 1 is 1.17 bits per heavy atom. The van der Waals surface area contributed by atoms with Crippen molar-refractivity contribution in [2.45, 2.75) is 19.4 Å². The van der Waals surface area contributed by atoms with Crippen LogP contribution in [0.5, 0.6) is 5.75 Å². The van der Waals surface area contributed by atoms with Crippen molar-refractivity contribution in [2.24, 2.45) is 0 Å². The van der Waals surface area contributed by atoms with Gasteiger partial charge < -0.3 is 14.4 Å². The van der Waals surface area contributed by atoms with Gasteiger partial charge in [0.05, 0.1) is 31.1 Å². The molecule has 29 heavy (non-hydrogen) atoms. The van der Waals surface area contributed by atoms with Crippen LogP contribution in [-0.2, 0) is 4.74 Å². The van der Waals surface area contributed by atoms with E-state index in [4.69, 9.17) is 14.6 Å². The van der Waals surface area contributed by atoms with Gasteiger partial charge in [0.1, 0.15) is 11.4 Å². The number of hydrogen-bond acceptors (Lipinski definition) is 4. The molecule has 0 bridgehead atoms. The first-order valence-corrected chi connectivity index (χ1v) is 9.90. The molecular weight excluding hydrogens is 366 g/mol. The number of amides is 1. The number of para-hydroxylation sites is 1. The van der Waals surface area contributed by atoms with E-state index in [-0.39, 0.29) is 12.0 Å². The summed E-state index contributed by atoms with van der Waals surface area (Å²) in [6.07, 6.45) is 2.80. The summed E-state index contributed by atoms with van der Waals surface area (Å²) in [4.78, 5) is 15.3. The summed E-state index contributed by atoms with van der Waals surface area (Å²) < 4.78 is 12.8. The molecule has 1 saturated heterocycles. The van der Waals surface area contributed by atoms with Gasteiger partial charge in [-0.1, -0.05) is 25.1 Å². The van der Waals surface area contributed by atoms with E-state index < -0.39 is 0 Å². The number of ether oxygens (including phenoxy) is 2. The minimum Gasteiger partial charge on any atom is -0.497 e. The van der Waals surface area contributed by atoms with Gasteiger partial charge in [0.25, 0.3) is 5.91 Å². The summed E-state index contributed by atoms with van der Waals surface area (Å²) in [6, 6.07) is 17.4. The monoisotopic (exact) mass is 391 g/mol. The molecule has 1 atom stereocenters. The lowest BCUT2D eigenvalue weighted by Gasteiger charge is -2.32. The van der Waals surface area contributed by atoms with Gasteiger partial charge in [0.15, 0.2) is 0 Å². The normalized spacial score (nSPS) is 16.6. The van der Waals surface area contributed by atoms with Crippen molar-refractivity contribution in [2.75, 3.05) is 26.8 Å². The predicted molar refractivity (Wildman–Crippen MR) is 111 cm³/mol. The molecule has 2 aromatic carbocycles. The van der Waals surface area contributed by atoms with Crippen molar-refractivity contribution in [3.05, 3.63) is 66.4 Å². The highest BCUT2D eigenvalue weighted by molar-refractivity contribution is 6.00. The number of morpholine rings is 1. The quantitative estimate of drug-likeness (QED) is 0.664. The predicted octanol–water partition coefficient (Wildman–Crippen LogP) is 3.80. The Morgan fingerprint density at radius 2 is 1.93 bits per heavy atom. The van der Waals surface area contributed by atoms with Crippen molar-refractivity contribution in [3.8, 4) is 22.7 Å². The summed E-state index contributed by atoms with van der Waals surface area (Å²) in [5, 5.41) is 4.76. The second-order valence-corrected chi connectivity index (χ2v) is 7.05. The average Bonchev–Trinajstić information content (AvgIpc) is 3.24. The van der Waals surface area contributed by atoms with E-state index in [2.05, 4.69) is 6.92 Å². The Kier molecular flexibility index (Phi) is 5.62. The van der Waals surface area contributed by atoms with Gasteiger partial charge in [-0.25, -0.2) is 4.68 Å². The highest BCUT2D eigenvalue weighted by atomic mass is 16.5. The fourth-order valence-corrected chi connectivity index (χ4v) is 3.53. The zero-order chi connectivity index (χ0) is 20.2. The molecule has 1 aliphatic rings. The molecule has 1 amide bonds. The van der Waals surface area contributed by atoms with Crippen molar-refractivity contribution in [1.82, 2.24) is 14.7 Å². The molecular formula is C23H25N3O3. The molecule has 1 unspecified atom stereocenters. The number of nitrogens with zero attached hydrogens (tertiary/aromatic N) is 3. The molecule has 6 nitrogen and oxygen atoms in total. The van der Waals surface area contributed by atoms with E-state index >= 15 is 0 Å². The maximum Gasteiger partial charge on any atom is 0.257 e. The largest absolute Gasteiger partial charge is 0.497 e. The maximum atomic E-state index is 13.4. The van der Waals surface area contributed by atoms with Crippen LogP contribution in [0.1, 0.15) is 23.7 Å². The summed E-state index contributed by atoms with van der Waals surface area (Å²) in [7, 11) is 1.64. The van der Waals surface area contributed by atoms with Crippen LogP contribution >= 0.6 is 0 Å². The summed E-state index contributed by atoms with van der Waals surface area (Å²) in [5.41, 5.74) is 3.05. The van der Waals surface area contributed by atoms with E-state index in [1.807, 2.05) is 65.7 Å². The second kappa shape index (κ2) is 8.49. The zero-order valence-electron chi connectivity index (χ0n) is 16.7. The molecule has 6 heteroatoms. The van der Waals surface area contributed by atoms with Gasteiger partial charge in [-0.05, 0) is 42.8 Å². The van der Waals surface area contributed by atoms with Crippen molar-refractivity contribution in [3.63, 3.8) is 0 Å². The number of carbonyl (C=O) groups is 1. The lowest BCUT2D eigenvalue weighted by atomic mass is 10.1. The van der Waals surface area contributed by atoms with Gasteiger partial charge in [-0.15, -0.1) is 0 Å². The van der Waals surface area contributed by atoms with Crippen molar-refractivity contribution in [1.29, 1.82) is 0 Å². The fraction of sp³-hybridized carbons (Fsp3) is 0.304. The molecule has 4 rings (SSSR count). The van der Waals surface area contributed by atoms with E-state index in [1.165, 1.54) is 0 Å². The van der Waals surface area contributed by atoms with Crippen LogP contribution in [0.15, 0.2) is 60.8 Å². The fourth-order valence-electron chi connectivity index (χ4n) is 3.53. The van der Waals surface area contributed by atoms with Gasteiger partial charge >= 0.3 is 0 Å². The van der Waals surface area contributed by atoms with Crippen LogP contribution in [0, 0.1) is 0 Å². The summed E-state index contributed by atoms with van der Waals surface area (Å²) >= 11 is 0. The third-order valence-corrected chi connectivity index (χ3v) is 5.21. The second-order valence-electron chi connectivity index (χ2n) is 7.05. The SMILES string of the molecule is CCC1CN(C(=O)c2cn(-c3ccccc3)nc2-c2ccc(OC)cc2)CCO1. The Bertz CT molecular complexity index is 967. The summed E-state index contributed by atoms with van der Waals surface area (Å²) in [5.74, 6) is 0.753. The lowest BCUT2D eigenvalue weighted by molar-refractivity contribution is -0.0226. The molecule has 0 aliphatic carbocycles. The van der Waals surface area contributed by atoms with E-state index in [0.717, 1.165) is 23.4 Å². The molecule has 0 radical (unpaired) electrons. The first-order chi connectivity index (χ1) is 14.2. The zero-order valence-corrected chi connectivity index (χ0v) is 16.7. The van der Waals surface area contributed by atoms with Crippen LogP contribution in [0.2, 0.25) is 0 Å². The van der Waals surface area contributed by atoms with Gasteiger partial charge in [-0.3, -0.25) is 4.79 Å². The molecule has 3 aromatic rings. The van der Waals surface area contributed by atoms with Crippen LogP contribution in [0.25, 0.3) is 16.9 Å². The van der Waals surface area contributed by atoms with Gasteiger partial charge in [-0.2, -0.15) is 5.10 Å². The molecule has 1 aliphatic heterocycles. The van der Waals surface area contributed by atoms with E-state index in [0.29, 0.717) is 31.0 Å². The topological polar surface area (TPSA) is 56.6 Å². The molecule has 150 valence electrons. The molecule has 0 saturated carbocycles. The molecule has 1 aromatic heterocycles. The third-order valence-electron chi connectivity index (χ3n) is 5.21. The standard InChI is InChI=1S/C23H25N3O3/c1-3-19-15-25(13-14-29-19)23(27)21-16-26(18-7-5-4-6-8-18)24-22(21)17-9-11-20(28-2)12-10-17/h4-12,16,19H,3,13-15H2,1-2H3. The number of hydrogen-bond donors (Lipinski definition) is 0. The van der Waals surface area contributed by atoms with Crippen molar-refractivity contribution >= 4 is 5.91 Å². The van der Waals surface area contributed by atoms with E-state index in [1.54, 1.807) is 11.8 Å². The number of rotatable bonds is 5. The smallest absolute Gasteiger partial charge is 0.257 e. The van der Waals surface area contributed by atoms with Crippen LogP contribution in [-0.4, -0.2) is 53.5 Å². The lowest BCUT2D eigenvalue weighted by Crippen LogP contribution is -2.45. The molecule has 0 N–H and O–H groups in total. The Labute approximate surface area is 170 Å². The van der Waals surface area contributed by atoms with Gasteiger partial charge in [0, 0.05) is 24.8 Å². The number of methoxy groups -OCH3 is 1. The number of carbonyl (C=O) groups excluding carboxylic acids is 1. The molecule has 0 spiro atoms. The number of benzene rings is 2.